The normalized spacial score (nSPS) is 10.8. The number of nitrogen functional groups attached to an aromatic ring is 1. The van der Waals surface area contributed by atoms with Crippen LogP contribution in [0.3, 0.4) is 0 Å². The molecule has 1 aromatic heterocycles. The Morgan fingerprint density at radius 2 is 2.17 bits per heavy atom. The summed E-state index contributed by atoms with van der Waals surface area (Å²) in [5.41, 5.74) is 6.69. The van der Waals surface area contributed by atoms with Gasteiger partial charge in [-0.05, 0) is 44.6 Å². The minimum absolute atomic E-state index is 0.862. The highest BCUT2D eigenvalue weighted by atomic mass is 127. The van der Waals surface area contributed by atoms with Crippen LogP contribution in [0.25, 0.3) is 10.1 Å². The maximum absolute atomic E-state index is 5.82. The fourth-order valence-electron chi connectivity index (χ4n) is 1.08. The molecule has 0 saturated heterocycles. The first kappa shape index (κ1) is 8.77. The number of halogens is 2. The number of fused-ring (bicyclic) bond motifs is 1. The molecule has 1 heterocycles. The van der Waals surface area contributed by atoms with Crippen LogP contribution in [-0.4, -0.2) is 0 Å². The van der Waals surface area contributed by atoms with Crippen molar-refractivity contribution in [2.45, 2.75) is 0 Å². The molecule has 12 heavy (non-hydrogen) atoms. The molecular formula is C8H5BrINS. The van der Waals surface area contributed by atoms with Crippen molar-refractivity contribution in [2.75, 3.05) is 5.73 Å². The van der Waals surface area contributed by atoms with Gasteiger partial charge in [-0.25, -0.2) is 0 Å². The van der Waals surface area contributed by atoms with Crippen LogP contribution in [0.4, 0.5) is 5.69 Å². The van der Waals surface area contributed by atoms with Crippen LogP contribution in [0.5, 0.6) is 0 Å². The van der Waals surface area contributed by atoms with E-state index in [0.717, 1.165) is 9.47 Å². The Balaban J connectivity index is 2.95. The average Bonchev–Trinajstić information content (AvgIpc) is 2.32. The molecule has 1 nitrogen and oxygen atoms in total. The van der Waals surface area contributed by atoms with Crippen LogP contribution >= 0.6 is 49.9 Å². The molecular weight excluding hydrogens is 349 g/mol. The van der Waals surface area contributed by atoms with E-state index in [4.69, 9.17) is 5.73 Å². The number of hydrogen-bond acceptors (Lipinski definition) is 2. The summed E-state index contributed by atoms with van der Waals surface area (Å²) in [6, 6.07) is 6.01. The molecule has 0 radical (unpaired) electrons. The van der Waals surface area contributed by atoms with E-state index in [1.54, 1.807) is 11.3 Å². The van der Waals surface area contributed by atoms with Crippen LogP contribution in [0.1, 0.15) is 0 Å². The van der Waals surface area contributed by atoms with E-state index >= 15 is 0 Å². The third kappa shape index (κ3) is 1.25. The van der Waals surface area contributed by atoms with Gasteiger partial charge >= 0.3 is 0 Å². The van der Waals surface area contributed by atoms with Gasteiger partial charge in [-0.3, -0.25) is 0 Å². The fourth-order valence-corrected chi connectivity index (χ4v) is 3.59. The van der Waals surface area contributed by atoms with E-state index in [9.17, 15) is 0 Å². The largest absolute Gasteiger partial charge is 0.398 e. The number of anilines is 1. The lowest BCUT2D eigenvalue weighted by molar-refractivity contribution is 1.78. The van der Waals surface area contributed by atoms with Crippen molar-refractivity contribution in [3.8, 4) is 0 Å². The Morgan fingerprint density at radius 3 is 2.83 bits per heavy atom. The zero-order valence-corrected chi connectivity index (χ0v) is 10.5. The topological polar surface area (TPSA) is 26.0 Å². The van der Waals surface area contributed by atoms with Crippen molar-refractivity contribution >= 4 is 65.6 Å². The molecule has 1 aromatic carbocycles. The lowest BCUT2D eigenvalue weighted by atomic mass is 10.2. The van der Waals surface area contributed by atoms with Crippen molar-refractivity contribution in [1.82, 2.24) is 0 Å². The molecule has 2 N–H and O–H groups in total. The molecule has 4 heteroatoms. The summed E-state index contributed by atoms with van der Waals surface area (Å²) in [6.45, 7) is 0. The summed E-state index contributed by atoms with van der Waals surface area (Å²) in [6.07, 6.45) is 0. The molecule has 0 aliphatic carbocycles. The van der Waals surface area contributed by atoms with Crippen LogP contribution in [0.15, 0.2) is 22.0 Å². The Bertz CT molecular complexity index is 438. The number of thiophene rings is 1. The molecule has 0 unspecified atom stereocenters. The Morgan fingerprint density at radius 1 is 1.42 bits per heavy atom. The molecule has 0 atom stereocenters. The van der Waals surface area contributed by atoms with Crippen LogP contribution < -0.4 is 5.73 Å². The highest BCUT2D eigenvalue weighted by Crippen LogP contribution is 2.38. The van der Waals surface area contributed by atoms with Gasteiger partial charge in [0.1, 0.15) is 0 Å². The molecule has 2 rings (SSSR count). The van der Waals surface area contributed by atoms with Crippen molar-refractivity contribution in [2.24, 2.45) is 0 Å². The van der Waals surface area contributed by atoms with E-state index in [1.165, 1.54) is 13.7 Å². The Kier molecular flexibility index (Phi) is 2.31. The Hall–Kier alpha value is 0.190. The van der Waals surface area contributed by atoms with Gasteiger partial charge in [0.05, 0.1) is 8.49 Å². The smallest absolute Gasteiger partial charge is 0.0845 e. The first-order valence-electron chi connectivity index (χ1n) is 3.32. The average molecular weight is 354 g/mol. The monoisotopic (exact) mass is 353 g/mol. The summed E-state index contributed by atoms with van der Waals surface area (Å²) in [5, 5.41) is 1.24. The molecule has 0 saturated carbocycles. The number of hydrogen-bond donors (Lipinski definition) is 1. The molecule has 0 amide bonds. The van der Waals surface area contributed by atoms with E-state index in [2.05, 4.69) is 44.6 Å². The summed E-state index contributed by atoms with van der Waals surface area (Å²) in [4.78, 5) is 0. The van der Waals surface area contributed by atoms with E-state index in [0.29, 0.717) is 0 Å². The third-order valence-corrected chi connectivity index (χ3v) is 5.80. The molecule has 62 valence electrons. The quantitative estimate of drug-likeness (QED) is 0.565. The second-order valence-corrected chi connectivity index (χ2v) is 5.83. The minimum atomic E-state index is 0.862. The lowest BCUT2D eigenvalue weighted by Gasteiger charge is -1.93. The molecule has 0 bridgehead atoms. The predicted molar refractivity (Wildman–Crippen MR) is 66.7 cm³/mol. The fraction of sp³-hybridized carbons (Fsp3) is 0. The standard InChI is InChI=1S/C8H5BrINS/c9-8-6(10)4-2-1-3-5(11)7(4)12-8/h1-3H,11H2. The maximum Gasteiger partial charge on any atom is 0.0845 e. The number of nitrogens with two attached hydrogens (primary N) is 1. The third-order valence-electron chi connectivity index (χ3n) is 1.65. The van der Waals surface area contributed by atoms with E-state index in [-0.39, 0.29) is 0 Å². The van der Waals surface area contributed by atoms with Gasteiger partial charge in [0.2, 0.25) is 0 Å². The van der Waals surface area contributed by atoms with Crippen molar-refractivity contribution < 1.29 is 0 Å². The molecule has 0 fully saturated rings. The summed E-state index contributed by atoms with van der Waals surface area (Å²) >= 11 is 7.51. The lowest BCUT2D eigenvalue weighted by Crippen LogP contribution is -1.82. The molecule has 0 spiro atoms. The highest BCUT2D eigenvalue weighted by Gasteiger charge is 2.08. The van der Waals surface area contributed by atoms with Crippen molar-refractivity contribution in [3.63, 3.8) is 0 Å². The van der Waals surface area contributed by atoms with Gasteiger partial charge in [-0.15, -0.1) is 11.3 Å². The van der Waals surface area contributed by atoms with Gasteiger partial charge in [0.25, 0.3) is 0 Å². The predicted octanol–water partition coefficient (Wildman–Crippen LogP) is 3.85. The zero-order valence-electron chi connectivity index (χ0n) is 5.97. The van der Waals surface area contributed by atoms with Crippen molar-refractivity contribution in [3.05, 3.63) is 25.6 Å². The first-order chi connectivity index (χ1) is 5.70. The molecule has 0 aliphatic heterocycles. The van der Waals surface area contributed by atoms with Gasteiger partial charge in [0.15, 0.2) is 0 Å². The van der Waals surface area contributed by atoms with Gasteiger partial charge < -0.3 is 5.73 Å². The van der Waals surface area contributed by atoms with Crippen LogP contribution in [0.2, 0.25) is 0 Å². The second kappa shape index (κ2) is 3.16. The first-order valence-corrected chi connectivity index (χ1v) is 6.01. The highest BCUT2D eigenvalue weighted by molar-refractivity contribution is 14.1. The van der Waals surface area contributed by atoms with Crippen molar-refractivity contribution in [1.29, 1.82) is 0 Å². The summed E-state index contributed by atoms with van der Waals surface area (Å²) in [7, 11) is 0. The molecule has 2 aromatic rings. The van der Waals surface area contributed by atoms with Gasteiger partial charge in [-0.2, -0.15) is 0 Å². The van der Waals surface area contributed by atoms with Crippen LogP contribution in [0, 0.1) is 3.57 Å². The van der Waals surface area contributed by atoms with Gasteiger partial charge in [-0.1, -0.05) is 12.1 Å². The SMILES string of the molecule is Nc1cccc2c(I)c(Br)sc12. The van der Waals surface area contributed by atoms with Gasteiger partial charge in [0, 0.05) is 14.6 Å². The summed E-state index contributed by atoms with van der Waals surface area (Å²) < 4.78 is 3.59. The second-order valence-electron chi connectivity index (χ2n) is 2.41. The van der Waals surface area contributed by atoms with Crippen LogP contribution in [-0.2, 0) is 0 Å². The maximum atomic E-state index is 5.82. The zero-order chi connectivity index (χ0) is 8.72. The van der Waals surface area contributed by atoms with E-state index in [1.807, 2.05) is 12.1 Å². The summed E-state index contributed by atoms with van der Waals surface area (Å²) in [5.74, 6) is 0. The Labute approximate surface area is 96.2 Å². The van der Waals surface area contributed by atoms with E-state index < -0.39 is 0 Å². The molecule has 0 aliphatic rings. The minimum Gasteiger partial charge on any atom is -0.398 e. The number of benzene rings is 1. The number of rotatable bonds is 0.